The maximum atomic E-state index is 9.55. The molecule has 0 unspecified atom stereocenters. The molecule has 2 aliphatic rings. The van der Waals surface area contributed by atoms with Gasteiger partial charge in [-0.2, -0.15) is 0 Å². The van der Waals surface area contributed by atoms with Gasteiger partial charge in [0.05, 0.1) is 0 Å². The number of carbonyl (C=O) groups is 2. The van der Waals surface area contributed by atoms with Gasteiger partial charge in [-0.05, 0) is 60.1 Å². The zero-order valence-corrected chi connectivity index (χ0v) is 20.2. The van der Waals surface area contributed by atoms with Crippen LogP contribution in [-0.2, 0) is 35.5 Å². The van der Waals surface area contributed by atoms with E-state index in [9.17, 15) is 9.59 Å². The maximum absolute atomic E-state index is 9.55. The first-order valence-corrected chi connectivity index (χ1v) is 12.2. The Morgan fingerprint density at radius 1 is 0.735 bits per heavy atom. The molecule has 6 nitrogen and oxygen atoms in total. The van der Waals surface area contributed by atoms with Crippen molar-refractivity contribution in [3.05, 3.63) is 81.9 Å². The van der Waals surface area contributed by atoms with E-state index in [0.717, 1.165) is 44.3 Å². The van der Waals surface area contributed by atoms with E-state index < -0.39 is 11.9 Å². The van der Waals surface area contributed by atoms with Crippen LogP contribution >= 0.6 is 11.6 Å². The van der Waals surface area contributed by atoms with Crippen molar-refractivity contribution in [1.29, 1.82) is 0 Å². The van der Waals surface area contributed by atoms with Crippen LogP contribution in [0.5, 0.6) is 0 Å². The Balaban J connectivity index is 0.000000350. The van der Waals surface area contributed by atoms with Crippen molar-refractivity contribution in [3.63, 3.8) is 0 Å². The van der Waals surface area contributed by atoms with Crippen molar-refractivity contribution >= 4 is 23.5 Å². The molecule has 0 bridgehead atoms. The van der Waals surface area contributed by atoms with Gasteiger partial charge in [0, 0.05) is 56.4 Å². The third kappa shape index (κ3) is 8.93. The molecule has 0 atom stereocenters. The van der Waals surface area contributed by atoms with Gasteiger partial charge in [-0.25, -0.2) is 9.59 Å². The molecule has 0 saturated carbocycles. The summed E-state index contributed by atoms with van der Waals surface area (Å²) in [6.07, 6.45) is 7.78. The lowest BCUT2D eigenvalue weighted by molar-refractivity contribution is -0.134. The van der Waals surface area contributed by atoms with Crippen LogP contribution in [0.4, 0.5) is 0 Å². The third-order valence-electron chi connectivity index (χ3n) is 6.22. The van der Waals surface area contributed by atoms with E-state index in [2.05, 4.69) is 40.1 Å². The molecule has 34 heavy (non-hydrogen) atoms. The summed E-state index contributed by atoms with van der Waals surface area (Å²) >= 11 is 5.98. The van der Waals surface area contributed by atoms with Crippen molar-refractivity contribution in [2.45, 2.75) is 45.2 Å². The molecule has 182 valence electrons. The second-order valence-electron chi connectivity index (χ2n) is 8.85. The highest BCUT2D eigenvalue weighted by Gasteiger charge is 2.18. The highest BCUT2D eigenvalue weighted by atomic mass is 35.5. The average molecular weight is 485 g/mol. The Kier molecular flexibility index (Phi) is 10.1. The minimum atomic E-state index is -1.26. The summed E-state index contributed by atoms with van der Waals surface area (Å²) in [6.45, 7) is 6.74. The molecule has 0 amide bonds. The van der Waals surface area contributed by atoms with Crippen molar-refractivity contribution in [1.82, 2.24) is 9.80 Å². The van der Waals surface area contributed by atoms with Gasteiger partial charge in [0.1, 0.15) is 0 Å². The summed E-state index contributed by atoms with van der Waals surface area (Å²) in [5.41, 5.74) is 6.06. The molecule has 0 aromatic heterocycles. The van der Waals surface area contributed by atoms with Gasteiger partial charge in [0.25, 0.3) is 0 Å². The Bertz CT molecular complexity index is 967. The van der Waals surface area contributed by atoms with E-state index in [-0.39, 0.29) is 0 Å². The predicted octanol–water partition coefficient (Wildman–Crippen LogP) is 4.64. The standard InChI is InChI=1S/C23H29ClN2.C4H4O4/c24-23-10-7-19(8-11-23)17-25-12-14-26(15-13-25)18-20-6-9-21-4-2-1-3-5-22(21)16-20;5-3(6)1-2-4(7)8/h6-11,16H,1-5,12-15,17-18H2;1-2H,(H,5,6)(H,7,8)/b;2-1-. The predicted molar refractivity (Wildman–Crippen MR) is 134 cm³/mol. The maximum Gasteiger partial charge on any atom is 0.328 e. The fourth-order valence-corrected chi connectivity index (χ4v) is 4.54. The van der Waals surface area contributed by atoms with E-state index in [1.807, 2.05) is 12.1 Å². The number of benzene rings is 2. The number of aliphatic carboxylic acids is 2. The number of carboxylic acids is 2. The molecule has 7 heteroatoms. The molecule has 1 aliphatic carbocycles. The molecule has 2 aromatic rings. The van der Waals surface area contributed by atoms with Gasteiger partial charge in [0.15, 0.2) is 0 Å². The van der Waals surface area contributed by atoms with Gasteiger partial charge < -0.3 is 10.2 Å². The van der Waals surface area contributed by atoms with E-state index in [1.54, 1.807) is 11.1 Å². The molecule has 4 rings (SSSR count). The Morgan fingerprint density at radius 3 is 1.79 bits per heavy atom. The van der Waals surface area contributed by atoms with Crippen LogP contribution in [0.1, 0.15) is 41.5 Å². The molecule has 0 spiro atoms. The SMILES string of the molecule is Clc1ccc(CN2CCN(Cc3ccc4c(c3)CCCCC4)CC2)cc1.O=C(O)/C=C\C(=O)O. The number of fused-ring (bicyclic) bond motifs is 1. The van der Waals surface area contributed by atoms with Crippen LogP contribution in [0.3, 0.4) is 0 Å². The van der Waals surface area contributed by atoms with Crippen molar-refractivity contribution in [2.75, 3.05) is 26.2 Å². The highest BCUT2D eigenvalue weighted by Crippen LogP contribution is 2.23. The Labute approximate surface area is 206 Å². The molecule has 1 fully saturated rings. The minimum absolute atomic E-state index is 0.558. The molecule has 1 saturated heterocycles. The summed E-state index contributed by atoms with van der Waals surface area (Å²) in [7, 11) is 0. The minimum Gasteiger partial charge on any atom is -0.478 e. The molecule has 2 aromatic carbocycles. The van der Waals surface area contributed by atoms with E-state index in [0.29, 0.717) is 12.2 Å². The lowest BCUT2D eigenvalue weighted by Crippen LogP contribution is -2.45. The number of hydrogen-bond acceptors (Lipinski definition) is 4. The zero-order chi connectivity index (χ0) is 24.3. The molecule has 1 heterocycles. The van der Waals surface area contributed by atoms with E-state index in [4.69, 9.17) is 21.8 Å². The first kappa shape index (κ1) is 25.9. The Hall–Kier alpha value is -2.67. The van der Waals surface area contributed by atoms with Crippen molar-refractivity contribution in [3.8, 4) is 0 Å². The summed E-state index contributed by atoms with van der Waals surface area (Å²) in [6, 6.07) is 15.5. The topological polar surface area (TPSA) is 81.1 Å². The molecule has 2 N–H and O–H groups in total. The summed E-state index contributed by atoms with van der Waals surface area (Å²) < 4.78 is 0. The van der Waals surface area contributed by atoms with Gasteiger partial charge >= 0.3 is 11.9 Å². The first-order chi connectivity index (χ1) is 16.4. The number of piperazine rings is 1. The second kappa shape index (κ2) is 13.3. The lowest BCUT2D eigenvalue weighted by atomic mass is 10.00. The van der Waals surface area contributed by atoms with Crippen LogP contribution < -0.4 is 0 Å². The van der Waals surface area contributed by atoms with Gasteiger partial charge in [-0.1, -0.05) is 48.4 Å². The normalized spacial score (nSPS) is 16.9. The second-order valence-corrected chi connectivity index (χ2v) is 9.29. The number of hydrogen-bond donors (Lipinski definition) is 2. The van der Waals surface area contributed by atoms with Crippen LogP contribution in [0.15, 0.2) is 54.6 Å². The summed E-state index contributed by atoms with van der Waals surface area (Å²) in [4.78, 5) is 24.3. The summed E-state index contributed by atoms with van der Waals surface area (Å²) in [5, 5.41) is 16.4. The van der Waals surface area contributed by atoms with Gasteiger partial charge in [-0.15, -0.1) is 0 Å². The monoisotopic (exact) mass is 484 g/mol. The fraction of sp³-hybridized carbons (Fsp3) is 0.407. The number of halogens is 1. The van der Waals surface area contributed by atoms with E-state index >= 15 is 0 Å². The number of carboxylic acid groups (broad SMARTS) is 2. The quantitative estimate of drug-likeness (QED) is 0.459. The number of rotatable bonds is 6. The first-order valence-electron chi connectivity index (χ1n) is 11.8. The van der Waals surface area contributed by atoms with Gasteiger partial charge in [0.2, 0.25) is 0 Å². The Morgan fingerprint density at radius 2 is 1.24 bits per heavy atom. The number of aryl methyl sites for hydroxylation is 2. The summed E-state index contributed by atoms with van der Waals surface area (Å²) in [5.74, 6) is -2.51. The van der Waals surface area contributed by atoms with Crippen molar-refractivity contribution < 1.29 is 19.8 Å². The van der Waals surface area contributed by atoms with Crippen LogP contribution in [0, 0.1) is 0 Å². The van der Waals surface area contributed by atoms with E-state index in [1.165, 1.54) is 43.2 Å². The van der Waals surface area contributed by atoms with Gasteiger partial charge in [-0.3, -0.25) is 9.80 Å². The largest absolute Gasteiger partial charge is 0.478 e. The lowest BCUT2D eigenvalue weighted by Gasteiger charge is -2.34. The number of nitrogens with zero attached hydrogens (tertiary/aromatic N) is 2. The molecule has 0 radical (unpaired) electrons. The molecular formula is C27H33ClN2O4. The molecule has 1 aliphatic heterocycles. The third-order valence-corrected chi connectivity index (χ3v) is 6.47. The zero-order valence-electron chi connectivity index (χ0n) is 19.5. The smallest absolute Gasteiger partial charge is 0.328 e. The van der Waals surface area contributed by atoms with Crippen LogP contribution in [0.2, 0.25) is 5.02 Å². The highest BCUT2D eigenvalue weighted by molar-refractivity contribution is 6.30. The average Bonchev–Trinajstić information content (AvgIpc) is 3.06. The molecular weight excluding hydrogens is 452 g/mol. The van der Waals surface area contributed by atoms with Crippen LogP contribution in [-0.4, -0.2) is 58.1 Å². The van der Waals surface area contributed by atoms with Crippen LogP contribution in [0.25, 0.3) is 0 Å². The fourth-order valence-electron chi connectivity index (χ4n) is 4.42. The van der Waals surface area contributed by atoms with Crippen molar-refractivity contribution in [2.24, 2.45) is 0 Å².